The van der Waals surface area contributed by atoms with Crippen molar-refractivity contribution in [2.75, 3.05) is 14.2 Å². The molecule has 5 nitrogen and oxygen atoms in total. The Morgan fingerprint density at radius 2 is 1.85 bits per heavy atom. The van der Waals surface area contributed by atoms with Crippen LogP contribution in [-0.4, -0.2) is 24.7 Å². The summed E-state index contributed by atoms with van der Waals surface area (Å²) in [4.78, 5) is 17.3. The van der Waals surface area contributed by atoms with Crippen LogP contribution in [0.15, 0.2) is 53.5 Å². The van der Waals surface area contributed by atoms with E-state index in [1.54, 1.807) is 20.3 Å². The summed E-state index contributed by atoms with van der Waals surface area (Å²) in [6.45, 7) is 2.86. The van der Waals surface area contributed by atoms with Gasteiger partial charge < -0.3 is 14.0 Å². The molecule has 140 valence electrons. The van der Waals surface area contributed by atoms with Crippen LogP contribution < -0.4 is 14.3 Å². The van der Waals surface area contributed by atoms with E-state index >= 15 is 0 Å². The van der Waals surface area contributed by atoms with Crippen molar-refractivity contribution in [2.45, 2.75) is 19.9 Å². The number of amides is 1. The average Bonchev–Trinajstić information content (AvgIpc) is 3.02. The monoisotopic (exact) mass is 382 g/mol. The number of hydrogen-bond donors (Lipinski definition) is 0. The highest BCUT2D eigenvalue weighted by atomic mass is 32.1. The summed E-state index contributed by atoms with van der Waals surface area (Å²) in [5.41, 5.74) is 1.95. The van der Waals surface area contributed by atoms with Gasteiger partial charge in [0.25, 0.3) is 5.91 Å². The Bertz CT molecular complexity index is 1030. The quantitative estimate of drug-likeness (QED) is 0.598. The van der Waals surface area contributed by atoms with E-state index in [0.717, 1.165) is 28.7 Å². The summed E-state index contributed by atoms with van der Waals surface area (Å²) in [5, 5.41) is 0. The summed E-state index contributed by atoms with van der Waals surface area (Å²) in [6, 6.07) is 13.6. The topological polar surface area (TPSA) is 52.8 Å². The number of carbonyl (C=O) groups is 1. The predicted octanol–water partition coefficient (Wildman–Crippen LogP) is 4.27. The summed E-state index contributed by atoms with van der Waals surface area (Å²) >= 11 is 1.47. The first-order chi connectivity index (χ1) is 13.2. The average molecular weight is 382 g/mol. The lowest BCUT2D eigenvalue weighted by Gasteiger charge is -2.08. The van der Waals surface area contributed by atoms with Gasteiger partial charge in [-0.1, -0.05) is 48.6 Å². The van der Waals surface area contributed by atoms with E-state index in [2.05, 4.69) is 16.5 Å². The number of fused-ring (bicyclic) bond motifs is 1. The van der Waals surface area contributed by atoms with E-state index in [1.165, 1.54) is 17.4 Å². The normalized spacial score (nSPS) is 12.0. The number of hydrogen-bond acceptors (Lipinski definition) is 4. The largest absolute Gasteiger partial charge is 0.493 e. The summed E-state index contributed by atoms with van der Waals surface area (Å²) in [6.07, 6.45) is 4.20. The van der Waals surface area contributed by atoms with Gasteiger partial charge in [0, 0.05) is 24.8 Å². The molecule has 0 aliphatic rings. The molecule has 27 heavy (non-hydrogen) atoms. The third kappa shape index (κ3) is 4.28. The molecule has 2 aromatic carbocycles. The fraction of sp³-hybridized carbons (Fsp3) is 0.238. The van der Waals surface area contributed by atoms with Crippen LogP contribution in [0.5, 0.6) is 11.5 Å². The standard InChI is InChI=1S/C21H22N2O3S/c1-4-12-23-16-13-17(25-2)18(26-3)14-19(16)27-21(23)22-20(24)11-10-15-8-6-5-7-9-15/h5-11,13-14H,4,12H2,1-3H3/b11-10+,22-21?. The van der Waals surface area contributed by atoms with Gasteiger partial charge in [-0.05, 0) is 18.1 Å². The third-order valence-electron chi connectivity index (χ3n) is 4.06. The molecule has 0 N–H and O–H groups in total. The Kier molecular flexibility index (Phi) is 6.08. The van der Waals surface area contributed by atoms with Gasteiger partial charge in [0.15, 0.2) is 16.3 Å². The molecule has 0 saturated heterocycles. The van der Waals surface area contributed by atoms with Crippen molar-refractivity contribution < 1.29 is 14.3 Å². The molecule has 3 rings (SSSR count). The molecule has 1 aromatic heterocycles. The molecule has 3 aromatic rings. The van der Waals surface area contributed by atoms with E-state index in [-0.39, 0.29) is 5.91 Å². The van der Waals surface area contributed by atoms with Crippen LogP contribution >= 0.6 is 11.3 Å². The van der Waals surface area contributed by atoms with Crippen LogP contribution in [0.25, 0.3) is 16.3 Å². The second-order valence-electron chi connectivity index (χ2n) is 5.91. The van der Waals surface area contributed by atoms with E-state index in [0.29, 0.717) is 16.3 Å². The molecule has 0 aliphatic carbocycles. The van der Waals surface area contributed by atoms with E-state index in [4.69, 9.17) is 9.47 Å². The van der Waals surface area contributed by atoms with Crippen molar-refractivity contribution in [3.8, 4) is 11.5 Å². The minimum Gasteiger partial charge on any atom is -0.493 e. The molecule has 0 radical (unpaired) electrons. The van der Waals surface area contributed by atoms with Crippen molar-refractivity contribution in [3.05, 3.63) is 58.9 Å². The number of thiazole rings is 1. The first-order valence-corrected chi connectivity index (χ1v) is 9.55. The SMILES string of the molecule is CCCn1c(=NC(=O)/C=C/c2ccccc2)sc2cc(OC)c(OC)cc21. The number of rotatable bonds is 6. The molecule has 0 bridgehead atoms. The van der Waals surface area contributed by atoms with E-state index < -0.39 is 0 Å². The number of benzene rings is 2. The first-order valence-electron chi connectivity index (χ1n) is 8.73. The van der Waals surface area contributed by atoms with Crippen molar-refractivity contribution in [1.29, 1.82) is 0 Å². The predicted molar refractivity (Wildman–Crippen MR) is 109 cm³/mol. The molecular formula is C21H22N2O3S. The lowest BCUT2D eigenvalue weighted by molar-refractivity contribution is -0.113. The highest BCUT2D eigenvalue weighted by Gasteiger charge is 2.12. The van der Waals surface area contributed by atoms with Crippen LogP contribution in [-0.2, 0) is 11.3 Å². The number of ether oxygens (including phenoxy) is 2. The zero-order valence-electron chi connectivity index (χ0n) is 15.6. The van der Waals surface area contributed by atoms with Crippen LogP contribution in [0, 0.1) is 0 Å². The third-order valence-corrected chi connectivity index (χ3v) is 5.10. The number of carbonyl (C=O) groups excluding carboxylic acids is 1. The van der Waals surface area contributed by atoms with Crippen molar-refractivity contribution in [2.24, 2.45) is 4.99 Å². The highest BCUT2D eigenvalue weighted by Crippen LogP contribution is 2.33. The molecule has 6 heteroatoms. The van der Waals surface area contributed by atoms with Crippen molar-refractivity contribution >= 4 is 33.5 Å². The minimum absolute atomic E-state index is 0.283. The molecule has 0 fully saturated rings. The Balaban J connectivity index is 2.04. The first kappa shape index (κ1) is 18.9. The molecular weight excluding hydrogens is 360 g/mol. The van der Waals surface area contributed by atoms with Crippen LogP contribution in [0.3, 0.4) is 0 Å². The van der Waals surface area contributed by atoms with Gasteiger partial charge in [-0.15, -0.1) is 0 Å². The number of aromatic nitrogens is 1. The molecule has 0 spiro atoms. The Hall–Kier alpha value is -2.86. The van der Waals surface area contributed by atoms with E-state index in [1.807, 2.05) is 42.5 Å². The second-order valence-corrected chi connectivity index (χ2v) is 6.91. The smallest absolute Gasteiger partial charge is 0.272 e. The molecule has 0 atom stereocenters. The maximum absolute atomic E-state index is 12.4. The summed E-state index contributed by atoms with van der Waals surface area (Å²) in [5.74, 6) is 1.04. The highest BCUT2D eigenvalue weighted by molar-refractivity contribution is 7.16. The van der Waals surface area contributed by atoms with Gasteiger partial charge >= 0.3 is 0 Å². The maximum Gasteiger partial charge on any atom is 0.272 e. The lowest BCUT2D eigenvalue weighted by atomic mass is 10.2. The zero-order valence-corrected chi connectivity index (χ0v) is 16.5. The Labute approximate surface area is 162 Å². The minimum atomic E-state index is -0.283. The molecule has 0 unspecified atom stereocenters. The van der Waals surface area contributed by atoms with Gasteiger partial charge in [0.05, 0.1) is 24.4 Å². The Morgan fingerprint density at radius 1 is 1.15 bits per heavy atom. The lowest BCUT2D eigenvalue weighted by Crippen LogP contribution is -2.16. The van der Waals surface area contributed by atoms with Crippen molar-refractivity contribution in [3.63, 3.8) is 0 Å². The maximum atomic E-state index is 12.4. The van der Waals surface area contributed by atoms with E-state index in [9.17, 15) is 4.79 Å². The van der Waals surface area contributed by atoms with Gasteiger partial charge in [0.2, 0.25) is 0 Å². The summed E-state index contributed by atoms with van der Waals surface area (Å²) in [7, 11) is 3.23. The molecule has 0 saturated carbocycles. The van der Waals surface area contributed by atoms with Crippen LogP contribution in [0.2, 0.25) is 0 Å². The Morgan fingerprint density at radius 3 is 2.52 bits per heavy atom. The number of nitrogens with zero attached hydrogens (tertiary/aromatic N) is 2. The van der Waals surface area contributed by atoms with Crippen LogP contribution in [0.4, 0.5) is 0 Å². The second kappa shape index (κ2) is 8.68. The molecule has 1 amide bonds. The van der Waals surface area contributed by atoms with Crippen LogP contribution in [0.1, 0.15) is 18.9 Å². The van der Waals surface area contributed by atoms with Gasteiger partial charge in [-0.25, -0.2) is 0 Å². The molecule has 1 heterocycles. The number of methoxy groups -OCH3 is 2. The fourth-order valence-electron chi connectivity index (χ4n) is 2.78. The summed E-state index contributed by atoms with van der Waals surface area (Å²) < 4.78 is 13.9. The van der Waals surface area contributed by atoms with Gasteiger partial charge in [0.1, 0.15) is 0 Å². The van der Waals surface area contributed by atoms with Crippen molar-refractivity contribution in [1.82, 2.24) is 4.57 Å². The van der Waals surface area contributed by atoms with Gasteiger partial charge in [-0.2, -0.15) is 4.99 Å². The zero-order chi connectivity index (χ0) is 19.2. The molecule has 0 aliphatic heterocycles. The number of aryl methyl sites for hydroxylation is 1. The fourth-order valence-corrected chi connectivity index (χ4v) is 3.86. The van der Waals surface area contributed by atoms with Gasteiger partial charge in [-0.3, -0.25) is 4.79 Å².